The molecule has 17 heavy (non-hydrogen) atoms. The summed E-state index contributed by atoms with van der Waals surface area (Å²) >= 11 is 0. The van der Waals surface area contributed by atoms with Crippen LogP contribution in [0.2, 0.25) is 0 Å². The van der Waals surface area contributed by atoms with Gasteiger partial charge in [-0.3, -0.25) is 0 Å². The van der Waals surface area contributed by atoms with E-state index in [9.17, 15) is 0 Å². The van der Waals surface area contributed by atoms with Crippen LogP contribution < -0.4 is 5.32 Å². The molecule has 2 fully saturated rings. The first-order chi connectivity index (χ1) is 7.98. The van der Waals surface area contributed by atoms with Crippen molar-refractivity contribution in [3.63, 3.8) is 0 Å². The Hall–Kier alpha value is -0.0400. The monoisotopic (exact) mass is 237 g/mol. The lowest BCUT2D eigenvalue weighted by Gasteiger charge is -2.32. The predicted octanol–water partition coefficient (Wildman–Crippen LogP) is 4.37. The minimum Gasteiger partial charge on any atom is -0.311 e. The molecule has 0 bridgehead atoms. The average molecular weight is 237 g/mol. The summed E-state index contributed by atoms with van der Waals surface area (Å²) in [7, 11) is 0. The van der Waals surface area contributed by atoms with Crippen molar-refractivity contribution in [2.24, 2.45) is 17.3 Å². The summed E-state index contributed by atoms with van der Waals surface area (Å²) in [5.41, 5.74) is 0.559. The largest absolute Gasteiger partial charge is 0.311 e. The third-order valence-electron chi connectivity index (χ3n) is 5.17. The highest BCUT2D eigenvalue weighted by Crippen LogP contribution is 2.41. The first kappa shape index (κ1) is 13.4. The highest BCUT2D eigenvalue weighted by Gasteiger charge is 2.37. The third kappa shape index (κ3) is 3.47. The average Bonchev–Trinajstić information content (AvgIpc) is 2.53. The Morgan fingerprint density at radius 1 is 1.06 bits per heavy atom. The van der Waals surface area contributed by atoms with Gasteiger partial charge in [-0.25, -0.2) is 0 Å². The van der Waals surface area contributed by atoms with Gasteiger partial charge >= 0.3 is 0 Å². The first-order valence-electron chi connectivity index (χ1n) is 7.74. The molecule has 2 aliphatic carbocycles. The van der Waals surface area contributed by atoms with E-state index in [4.69, 9.17) is 0 Å². The fourth-order valence-electron chi connectivity index (χ4n) is 4.22. The zero-order valence-corrected chi connectivity index (χ0v) is 12.3. The van der Waals surface area contributed by atoms with Crippen molar-refractivity contribution >= 4 is 0 Å². The van der Waals surface area contributed by atoms with Crippen LogP contribution in [0.15, 0.2) is 0 Å². The second kappa shape index (κ2) is 5.30. The van der Waals surface area contributed by atoms with Gasteiger partial charge in [0.15, 0.2) is 0 Å². The van der Waals surface area contributed by atoms with E-state index in [1.165, 1.54) is 44.9 Å². The smallest absolute Gasteiger partial charge is 0.0101 e. The van der Waals surface area contributed by atoms with Gasteiger partial charge < -0.3 is 5.32 Å². The zero-order valence-electron chi connectivity index (χ0n) is 12.3. The third-order valence-corrected chi connectivity index (χ3v) is 5.17. The van der Waals surface area contributed by atoms with E-state index in [-0.39, 0.29) is 0 Å². The Labute approximate surface area is 108 Å². The van der Waals surface area contributed by atoms with Gasteiger partial charge in [0.2, 0.25) is 0 Å². The fraction of sp³-hybridized carbons (Fsp3) is 1.00. The van der Waals surface area contributed by atoms with Crippen LogP contribution in [-0.2, 0) is 0 Å². The van der Waals surface area contributed by atoms with Gasteiger partial charge in [-0.1, -0.05) is 40.0 Å². The SMILES string of the molecule is CC1CC(C)(C)CC1N[C@H](C)C1CCCCC1. The van der Waals surface area contributed by atoms with Crippen LogP contribution in [0.4, 0.5) is 0 Å². The predicted molar refractivity (Wildman–Crippen MR) is 75.1 cm³/mol. The molecule has 0 aromatic carbocycles. The van der Waals surface area contributed by atoms with E-state index in [2.05, 4.69) is 33.0 Å². The maximum Gasteiger partial charge on any atom is 0.0101 e. The van der Waals surface area contributed by atoms with Gasteiger partial charge in [0.1, 0.15) is 0 Å². The summed E-state index contributed by atoms with van der Waals surface area (Å²) < 4.78 is 0. The number of hydrogen-bond acceptors (Lipinski definition) is 1. The van der Waals surface area contributed by atoms with Crippen LogP contribution in [0, 0.1) is 17.3 Å². The quantitative estimate of drug-likeness (QED) is 0.768. The van der Waals surface area contributed by atoms with Crippen LogP contribution in [0.25, 0.3) is 0 Å². The second-order valence-electron chi connectivity index (χ2n) is 7.51. The van der Waals surface area contributed by atoms with Gasteiger partial charge in [-0.15, -0.1) is 0 Å². The normalized spacial score (nSPS) is 36.0. The van der Waals surface area contributed by atoms with Crippen molar-refractivity contribution in [1.82, 2.24) is 5.32 Å². The Morgan fingerprint density at radius 3 is 2.24 bits per heavy atom. The zero-order chi connectivity index (χ0) is 12.5. The highest BCUT2D eigenvalue weighted by atomic mass is 15.0. The molecule has 100 valence electrons. The highest BCUT2D eigenvalue weighted by molar-refractivity contribution is 4.93. The van der Waals surface area contributed by atoms with E-state index >= 15 is 0 Å². The van der Waals surface area contributed by atoms with Crippen LogP contribution >= 0.6 is 0 Å². The van der Waals surface area contributed by atoms with Crippen LogP contribution in [0.1, 0.15) is 72.6 Å². The van der Waals surface area contributed by atoms with Crippen LogP contribution in [-0.4, -0.2) is 12.1 Å². The number of nitrogens with one attached hydrogen (secondary N) is 1. The van der Waals surface area contributed by atoms with E-state index in [1.54, 1.807) is 0 Å². The molecule has 0 heterocycles. The van der Waals surface area contributed by atoms with Crippen molar-refractivity contribution in [3.05, 3.63) is 0 Å². The minimum absolute atomic E-state index is 0.559. The Balaban J connectivity index is 1.83. The van der Waals surface area contributed by atoms with Gasteiger partial charge in [0.25, 0.3) is 0 Å². The molecule has 0 radical (unpaired) electrons. The lowest BCUT2D eigenvalue weighted by molar-refractivity contribution is 0.248. The van der Waals surface area contributed by atoms with Gasteiger partial charge in [-0.05, 0) is 49.9 Å². The summed E-state index contributed by atoms with van der Waals surface area (Å²) in [6, 6.07) is 1.50. The van der Waals surface area contributed by atoms with Crippen molar-refractivity contribution < 1.29 is 0 Å². The van der Waals surface area contributed by atoms with Crippen molar-refractivity contribution in [1.29, 1.82) is 0 Å². The van der Waals surface area contributed by atoms with E-state index in [0.29, 0.717) is 5.41 Å². The molecule has 0 aliphatic heterocycles. The summed E-state index contributed by atoms with van der Waals surface area (Å²) in [6.45, 7) is 9.71. The van der Waals surface area contributed by atoms with Crippen LogP contribution in [0.5, 0.6) is 0 Å². The maximum absolute atomic E-state index is 3.95. The summed E-state index contributed by atoms with van der Waals surface area (Å²) in [4.78, 5) is 0. The van der Waals surface area contributed by atoms with Crippen molar-refractivity contribution in [2.45, 2.75) is 84.7 Å². The topological polar surface area (TPSA) is 12.0 Å². The molecule has 0 aromatic heterocycles. The Bertz CT molecular complexity index is 240. The first-order valence-corrected chi connectivity index (χ1v) is 7.74. The van der Waals surface area contributed by atoms with Crippen LogP contribution in [0.3, 0.4) is 0 Å². The van der Waals surface area contributed by atoms with E-state index < -0.39 is 0 Å². The minimum atomic E-state index is 0.559. The fourth-order valence-corrected chi connectivity index (χ4v) is 4.22. The molecule has 0 saturated heterocycles. The Morgan fingerprint density at radius 2 is 1.71 bits per heavy atom. The molecule has 1 heteroatoms. The Kier molecular flexibility index (Phi) is 4.18. The molecular formula is C16H31N. The molecule has 2 unspecified atom stereocenters. The summed E-state index contributed by atoms with van der Waals surface area (Å²) in [5.74, 6) is 1.80. The second-order valence-corrected chi connectivity index (χ2v) is 7.51. The van der Waals surface area contributed by atoms with Gasteiger partial charge in [0, 0.05) is 12.1 Å². The molecule has 2 saturated carbocycles. The molecule has 1 N–H and O–H groups in total. The van der Waals surface area contributed by atoms with Crippen molar-refractivity contribution in [3.8, 4) is 0 Å². The van der Waals surface area contributed by atoms with Gasteiger partial charge in [0.05, 0.1) is 0 Å². The summed E-state index contributed by atoms with van der Waals surface area (Å²) in [6.07, 6.45) is 10.1. The molecule has 2 aliphatic rings. The lowest BCUT2D eigenvalue weighted by atomic mass is 9.84. The lowest BCUT2D eigenvalue weighted by Crippen LogP contribution is -2.43. The van der Waals surface area contributed by atoms with Gasteiger partial charge in [-0.2, -0.15) is 0 Å². The number of hydrogen-bond donors (Lipinski definition) is 1. The molecular weight excluding hydrogens is 206 g/mol. The number of rotatable bonds is 3. The van der Waals surface area contributed by atoms with Crippen molar-refractivity contribution in [2.75, 3.05) is 0 Å². The molecule has 0 aromatic rings. The summed E-state index contributed by atoms with van der Waals surface area (Å²) in [5, 5.41) is 3.95. The molecule has 0 spiro atoms. The molecule has 3 atom stereocenters. The van der Waals surface area contributed by atoms with E-state index in [1.807, 2.05) is 0 Å². The molecule has 0 amide bonds. The standard InChI is InChI=1S/C16H31N/c1-12-10-16(3,4)11-15(12)17-13(2)14-8-6-5-7-9-14/h12-15,17H,5-11H2,1-4H3/t12?,13-,15?/m1/s1. The molecule has 1 nitrogen and oxygen atoms in total. The molecule has 2 rings (SSSR count). The maximum atomic E-state index is 3.95. The van der Waals surface area contributed by atoms with E-state index in [0.717, 1.165) is 23.9 Å².